The van der Waals surface area contributed by atoms with Gasteiger partial charge in [-0.1, -0.05) is 0 Å². The Kier molecular flexibility index (Phi) is 3.56. The number of aliphatic hydroxyl groups is 1. The number of carbonyl (C=O) groups is 1. The Morgan fingerprint density at radius 2 is 2.28 bits per heavy atom. The van der Waals surface area contributed by atoms with Crippen LogP contribution in [-0.4, -0.2) is 44.9 Å². The minimum absolute atomic E-state index is 0.0288. The van der Waals surface area contributed by atoms with Gasteiger partial charge in [0, 0.05) is 19.6 Å². The molecule has 18 heavy (non-hydrogen) atoms. The third kappa shape index (κ3) is 2.08. The fourth-order valence-electron chi connectivity index (χ4n) is 2.32. The van der Waals surface area contributed by atoms with Crippen molar-refractivity contribution in [3.05, 3.63) is 11.4 Å². The fourth-order valence-corrected chi connectivity index (χ4v) is 2.32. The van der Waals surface area contributed by atoms with Gasteiger partial charge in [-0.3, -0.25) is 9.48 Å². The molecule has 0 unspecified atom stereocenters. The molecule has 100 valence electrons. The zero-order chi connectivity index (χ0) is 13.3. The van der Waals surface area contributed by atoms with E-state index in [1.807, 2.05) is 0 Å². The number of amides is 1. The van der Waals surface area contributed by atoms with E-state index in [-0.39, 0.29) is 18.6 Å². The lowest BCUT2D eigenvalue weighted by Gasteiger charge is -2.37. The quantitative estimate of drug-likeness (QED) is 0.807. The van der Waals surface area contributed by atoms with Gasteiger partial charge in [0.1, 0.15) is 5.69 Å². The van der Waals surface area contributed by atoms with Crippen LogP contribution < -0.4 is 5.73 Å². The Hall–Kier alpha value is -1.56. The van der Waals surface area contributed by atoms with Gasteiger partial charge in [-0.15, -0.1) is 0 Å². The van der Waals surface area contributed by atoms with Crippen LogP contribution in [0.1, 0.15) is 35.4 Å². The summed E-state index contributed by atoms with van der Waals surface area (Å²) in [5.74, 6) is -0.130. The van der Waals surface area contributed by atoms with E-state index in [1.165, 1.54) is 4.68 Å². The number of nitrogens with zero attached hydrogens (tertiary/aromatic N) is 3. The topological polar surface area (TPSA) is 84.4 Å². The van der Waals surface area contributed by atoms with Gasteiger partial charge in [0.05, 0.1) is 18.0 Å². The molecule has 1 aliphatic carbocycles. The van der Waals surface area contributed by atoms with Gasteiger partial charge in [-0.2, -0.15) is 5.10 Å². The van der Waals surface area contributed by atoms with E-state index in [0.29, 0.717) is 23.6 Å². The number of hydrogen-bond acceptors (Lipinski definition) is 4. The van der Waals surface area contributed by atoms with Crippen molar-refractivity contribution in [2.24, 2.45) is 7.05 Å². The Morgan fingerprint density at radius 1 is 1.61 bits per heavy atom. The molecule has 1 amide bonds. The van der Waals surface area contributed by atoms with Crippen LogP contribution in [0, 0.1) is 6.92 Å². The predicted molar refractivity (Wildman–Crippen MR) is 68.1 cm³/mol. The minimum Gasteiger partial charge on any atom is -0.395 e. The molecule has 1 fully saturated rings. The number of anilines is 1. The van der Waals surface area contributed by atoms with Gasteiger partial charge in [0.15, 0.2) is 0 Å². The first-order valence-electron chi connectivity index (χ1n) is 6.27. The monoisotopic (exact) mass is 252 g/mol. The number of carbonyl (C=O) groups excluding carboxylic acids is 1. The molecular weight excluding hydrogens is 232 g/mol. The molecule has 1 aliphatic rings. The van der Waals surface area contributed by atoms with E-state index in [0.717, 1.165) is 19.3 Å². The van der Waals surface area contributed by atoms with Crippen LogP contribution >= 0.6 is 0 Å². The van der Waals surface area contributed by atoms with E-state index >= 15 is 0 Å². The summed E-state index contributed by atoms with van der Waals surface area (Å²) in [5.41, 5.74) is 7.43. The third-order valence-electron chi connectivity index (χ3n) is 3.59. The maximum absolute atomic E-state index is 12.5. The molecule has 1 aromatic heterocycles. The molecular formula is C12H20N4O2. The summed E-state index contributed by atoms with van der Waals surface area (Å²) in [7, 11) is 1.72. The van der Waals surface area contributed by atoms with Crippen LogP contribution in [0.4, 0.5) is 5.69 Å². The van der Waals surface area contributed by atoms with Crippen molar-refractivity contribution < 1.29 is 9.90 Å². The average molecular weight is 252 g/mol. The van der Waals surface area contributed by atoms with Gasteiger partial charge >= 0.3 is 0 Å². The van der Waals surface area contributed by atoms with Gasteiger partial charge < -0.3 is 15.7 Å². The Balaban J connectivity index is 2.26. The molecule has 0 aliphatic heterocycles. The molecule has 0 radical (unpaired) electrons. The largest absolute Gasteiger partial charge is 0.395 e. The lowest BCUT2D eigenvalue weighted by Crippen LogP contribution is -2.46. The van der Waals surface area contributed by atoms with Crippen molar-refractivity contribution in [3.8, 4) is 0 Å². The Morgan fingerprint density at radius 3 is 2.67 bits per heavy atom. The number of nitrogen functional groups attached to an aromatic ring is 1. The smallest absolute Gasteiger partial charge is 0.274 e. The highest BCUT2D eigenvalue weighted by Gasteiger charge is 2.31. The van der Waals surface area contributed by atoms with Gasteiger partial charge in [0.2, 0.25) is 0 Å². The number of rotatable bonds is 4. The second-order valence-corrected chi connectivity index (χ2v) is 4.78. The molecule has 0 saturated heterocycles. The molecule has 6 heteroatoms. The van der Waals surface area contributed by atoms with Gasteiger partial charge in [-0.05, 0) is 26.2 Å². The highest BCUT2D eigenvalue weighted by atomic mass is 16.3. The number of aliphatic hydroxyl groups excluding tert-OH is 1. The van der Waals surface area contributed by atoms with E-state index < -0.39 is 0 Å². The zero-order valence-corrected chi connectivity index (χ0v) is 10.9. The summed E-state index contributed by atoms with van der Waals surface area (Å²) in [6.45, 7) is 2.11. The van der Waals surface area contributed by atoms with Crippen molar-refractivity contribution >= 4 is 11.6 Å². The minimum atomic E-state index is -0.130. The molecule has 0 bridgehead atoms. The first-order chi connectivity index (χ1) is 8.56. The van der Waals surface area contributed by atoms with Crippen LogP contribution in [0.3, 0.4) is 0 Å². The van der Waals surface area contributed by atoms with Crippen LogP contribution in [0.15, 0.2) is 0 Å². The van der Waals surface area contributed by atoms with Crippen molar-refractivity contribution in [1.29, 1.82) is 0 Å². The molecule has 6 nitrogen and oxygen atoms in total. The molecule has 2 rings (SSSR count). The summed E-state index contributed by atoms with van der Waals surface area (Å²) in [6.07, 6.45) is 3.14. The summed E-state index contributed by atoms with van der Waals surface area (Å²) < 4.78 is 1.52. The molecule has 1 saturated carbocycles. The Bertz CT molecular complexity index is 451. The van der Waals surface area contributed by atoms with E-state index in [2.05, 4.69) is 5.10 Å². The van der Waals surface area contributed by atoms with Crippen molar-refractivity contribution in [2.75, 3.05) is 18.9 Å². The summed E-state index contributed by atoms with van der Waals surface area (Å²) in [5, 5.41) is 13.3. The molecule has 1 aromatic rings. The van der Waals surface area contributed by atoms with Crippen molar-refractivity contribution in [2.45, 2.75) is 32.2 Å². The van der Waals surface area contributed by atoms with Crippen molar-refractivity contribution in [3.63, 3.8) is 0 Å². The number of nitrogens with two attached hydrogens (primary N) is 1. The van der Waals surface area contributed by atoms with Crippen LogP contribution in [0.2, 0.25) is 0 Å². The van der Waals surface area contributed by atoms with Crippen LogP contribution in [-0.2, 0) is 7.05 Å². The maximum atomic E-state index is 12.5. The van der Waals surface area contributed by atoms with Crippen LogP contribution in [0.5, 0.6) is 0 Å². The SMILES string of the molecule is Cc1nn(C)c(C(=O)N(CCO)C2CCC2)c1N. The first-order valence-corrected chi connectivity index (χ1v) is 6.27. The highest BCUT2D eigenvalue weighted by molar-refractivity contribution is 5.98. The fraction of sp³-hybridized carbons (Fsp3) is 0.667. The Labute approximate surface area is 106 Å². The van der Waals surface area contributed by atoms with Crippen molar-refractivity contribution in [1.82, 2.24) is 14.7 Å². The lowest BCUT2D eigenvalue weighted by molar-refractivity contribution is 0.0516. The molecule has 0 aromatic carbocycles. The van der Waals surface area contributed by atoms with E-state index in [9.17, 15) is 4.79 Å². The summed E-state index contributed by atoms with van der Waals surface area (Å²) >= 11 is 0. The number of aromatic nitrogens is 2. The molecule has 0 spiro atoms. The number of aryl methyl sites for hydroxylation is 2. The normalized spacial score (nSPS) is 15.5. The second-order valence-electron chi connectivity index (χ2n) is 4.78. The average Bonchev–Trinajstić information content (AvgIpc) is 2.49. The van der Waals surface area contributed by atoms with Gasteiger partial charge in [-0.25, -0.2) is 0 Å². The summed E-state index contributed by atoms with van der Waals surface area (Å²) in [6, 6.07) is 0.235. The molecule has 3 N–H and O–H groups in total. The lowest BCUT2D eigenvalue weighted by atomic mass is 9.91. The molecule has 1 heterocycles. The maximum Gasteiger partial charge on any atom is 0.274 e. The standard InChI is InChI=1S/C12H20N4O2/c1-8-10(13)11(15(2)14-8)12(18)16(6-7-17)9-4-3-5-9/h9,17H,3-7,13H2,1-2H3. The summed E-state index contributed by atoms with van der Waals surface area (Å²) in [4.78, 5) is 14.2. The predicted octanol–water partition coefficient (Wildman–Crippen LogP) is 0.298. The highest BCUT2D eigenvalue weighted by Crippen LogP contribution is 2.27. The third-order valence-corrected chi connectivity index (χ3v) is 3.59. The second kappa shape index (κ2) is 4.97. The van der Waals surface area contributed by atoms with Crippen LogP contribution in [0.25, 0.3) is 0 Å². The molecule has 0 atom stereocenters. The van der Waals surface area contributed by atoms with E-state index in [1.54, 1.807) is 18.9 Å². The van der Waals surface area contributed by atoms with E-state index in [4.69, 9.17) is 10.8 Å². The number of hydrogen-bond donors (Lipinski definition) is 2. The first kappa shape index (κ1) is 12.9. The zero-order valence-electron chi connectivity index (χ0n) is 10.9. The van der Waals surface area contributed by atoms with Gasteiger partial charge in [0.25, 0.3) is 5.91 Å².